The van der Waals surface area contributed by atoms with Crippen LogP contribution in [0, 0.1) is 17.8 Å². The first-order valence-electron chi connectivity index (χ1n) is 7.64. The van der Waals surface area contributed by atoms with E-state index >= 15 is 0 Å². The Morgan fingerprint density at radius 2 is 1.95 bits per heavy atom. The molecule has 0 radical (unpaired) electrons. The highest BCUT2D eigenvalue weighted by Crippen LogP contribution is 2.33. The van der Waals surface area contributed by atoms with Crippen molar-refractivity contribution >= 4 is 5.97 Å². The number of nitrogens with one attached hydrogen (secondary N) is 1. The Hall–Kier alpha value is -0.570. The third-order valence-corrected chi connectivity index (χ3v) is 3.95. The zero-order valence-corrected chi connectivity index (χ0v) is 13.5. The van der Waals surface area contributed by atoms with Crippen LogP contribution in [-0.2, 0) is 9.53 Å². The molecule has 0 aromatic heterocycles. The van der Waals surface area contributed by atoms with Crippen molar-refractivity contribution in [1.29, 1.82) is 0 Å². The summed E-state index contributed by atoms with van der Waals surface area (Å²) in [5.74, 6) is 1.96. The van der Waals surface area contributed by atoms with E-state index in [1.165, 1.54) is 19.3 Å². The monoisotopic (exact) mass is 269 g/mol. The SMILES string of the molecule is CC1CCC(C(C)C)C(NCC(=O)OC(C)(C)C)C1. The smallest absolute Gasteiger partial charge is 0.320 e. The fourth-order valence-electron chi connectivity index (χ4n) is 3.03. The highest BCUT2D eigenvalue weighted by atomic mass is 16.6. The van der Waals surface area contributed by atoms with Crippen molar-refractivity contribution in [3.05, 3.63) is 0 Å². The molecule has 0 saturated heterocycles. The van der Waals surface area contributed by atoms with Crippen LogP contribution in [0.4, 0.5) is 0 Å². The number of carbonyl (C=O) groups excluding carboxylic acids is 1. The Labute approximate surface area is 118 Å². The zero-order valence-electron chi connectivity index (χ0n) is 13.5. The molecular weight excluding hydrogens is 238 g/mol. The average molecular weight is 269 g/mol. The van der Waals surface area contributed by atoms with E-state index in [0.29, 0.717) is 24.4 Å². The second-order valence-electron chi connectivity index (χ2n) is 7.40. The minimum absolute atomic E-state index is 0.145. The molecule has 112 valence electrons. The van der Waals surface area contributed by atoms with Crippen LogP contribution in [0.15, 0.2) is 0 Å². The molecule has 3 heteroatoms. The van der Waals surface area contributed by atoms with Crippen molar-refractivity contribution in [1.82, 2.24) is 5.32 Å². The first-order chi connectivity index (χ1) is 8.69. The summed E-state index contributed by atoms with van der Waals surface area (Å²) < 4.78 is 5.35. The molecule has 1 aliphatic rings. The van der Waals surface area contributed by atoms with Crippen LogP contribution >= 0.6 is 0 Å². The lowest BCUT2D eigenvalue weighted by molar-refractivity contribution is -0.153. The van der Waals surface area contributed by atoms with Crippen molar-refractivity contribution < 1.29 is 9.53 Å². The molecule has 19 heavy (non-hydrogen) atoms. The van der Waals surface area contributed by atoms with Gasteiger partial charge in [-0.05, 0) is 51.4 Å². The largest absolute Gasteiger partial charge is 0.459 e. The summed E-state index contributed by atoms with van der Waals surface area (Å²) in [4.78, 5) is 11.8. The Kier molecular flexibility index (Phi) is 5.84. The Morgan fingerprint density at radius 3 is 2.47 bits per heavy atom. The molecule has 0 spiro atoms. The maximum absolute atomic E-state index is 11.8. The Balaban J connectivity index is 2.46. The summed E-state index contributed by atoms with van der Waals surface area (Å²) >= 11 is 0. The lowest BCUT2D eigenvalue weighted by Gasteiger charge is -2.38. The summed E-state index contributed by atoms with van der Waals surface area (Å²) in [6, 6.07) is 0.455. The van der Waals surface area contributed by atoms with Crippen molar-refractivity contribution in [3.8, 4) is 0 Å². The van der Waals surface area contributed by atoms with Gasteiger partial charge in [0.05, 0.1) is 6.54 Å². The standard InChI is InChI=1S/C16H31NO2/c1-11(2)13-8-7-12(3)9-14(13)17-10-15(18)19-16(4,5)6/h11-14,17H,7-10H2,1-6H3. The third-order valence-electron chi connectivity index (χ3n) is 3.95. The van der Waals surface area contributed by atoms with Gasteiger partial charge in [0, 0.05) is 6.04 Å². The molecule has 1 rings (SSSR count). The molecule has 1 aliphatic carbocycles. The molecular formula is C16H31NO2. The van der Waals surface area contributed by atoms with Crippen LogP contribution in [0.5, 0.6) is 0 Å². The summed E-state index contributed by atoms with van der Waals surface area (Å²) in [7, 11) is 0. The van der Waals surface area contributed by atoms with Crippen molar-refractivity contribution in [3.63, 3.8) is 0 Å². The number of hydrogen-bond acceptors (Lipinski definition) is 3. The molecule has 1 N–H and O–H groups in total. The van der Waals surface area contributed by atoms with Gasteiger partial charge in [0.1, 0.15) is 5.60 Å². The lowest BCUT2D eigenvalue weighted by atomic mass is 9.74. The van der Waals surface area contributed by atoms with E-state index in [9.17, 15) is 4.79 Å². The molecule has 0 aromatic carbocycles. The molecule has 0 amide bonds. The number of rotatable bonds is 4. The Bertz CT molecular complexity index is 294. The van der Waals surface area contributed by atoms with Crippen LogP contribution in [0.2, 0.25) is 0 Å². The van der Waals surface area contributed by atoms with E-state index in [0.717, 1.165) is 5.92 Å². The maximum atomic E-state index is 11.8. The normalized spacial score (nSPS) is 28.5. The van der Waals surface area contributed by atoms with Crippen molar-refractivity contribution in [2.75, 3.05) is 6.54 Å². The topological polar surface area (TPSA) is 38.3 Å². The molecule has 0 aromatic rings. The summed E-state index contributed by atoms with van der Waals surface area (Å²) in [5, 5.41) is 3.43. The van der Waals surface area contributed by atoms with Crippen LogP contribution in [-0.4, -0.2) is 24.2 Å². The van der Waals surface area contributed by atoms with Crippen molar-refractivity contribution in [2.45, 2.75) is 72.4 Å². The summed E-state index contributed by atoms with van der Waals surface area (Å²) in [6.45, 7) is 12.9. The number of carbonyl (C=O) groups is 1. The van der Waals surface area contributed by atoms with Gasteiger partial charge in [0.25, 0.3) is 0 Å². The summed E-state index contributed by atoms with van der Waals surface area (Å²) in [5.41, 5.74) is -0.393. The molecule has 1 saturated carbocycles. The predicted octanol–water partition coefficient (Wildman–Crippen LogP) is 3.38. The van der Waals surface area contributed by atoms with Gasteiger partial charge in [0.15, 0.2) is 0 Å². The Morgan fingerprint density at radius 1 is 1.32 bits per heavy atom. The number of ether oxygens (including phenoxy) is 1. The number of hydrogen-bond donors (Lipinski definition) is 1. The van der Waals surface area contributed by atoms with Gasteiger partial charge in [-0.3, -0.25) is 4.79 Å². The molecule has 1 fully saturated rings. The first kappa shape index (κ1) is 16.5. The van der Waals surface area contributed by atoms with Gasteiger partial charge in [-0.15, -0.1) is 0 Å². The van der Waals surface area contributed by atoms with Crippen molar-refractivity contribution in [2.24, 2.45) is 17.8 Å². The molecule has 0 aliphatic heterocycles. The molecule has 3 unspecified atom stereocenters. The van der Waals surface area contributed by atoms with Gasteiger partial charge < -0.3 is 10.1 Å². The van der Waals surface area contributed by atoms with E-state index in [1.54, 1.807) is 0 Å². The van der Waals surface area contributed by atoms with Crippen LogP contribution in [0.1, 0.15) is 60.8 Å². The van der Waals surface area contributed by atoms with Crippen LogP contribution in [0.3, 0.4) is 0 Å². The van der Waals surface area contributed by atoms with Gasteiger partial charge in [-0.25, -0.2) is 0 Å². The molecule has 0 bridgehead atoms. The maximum Gasteiger partial charge on any atom is 0.320 e. The van der Waals surface area contributed by atoms with E-state index in [1.807, 2.05) is 20.8 Å². The van der Waals surface area contributed by atoms with E-state index < -0.39 is 5.60 Å². The van der Waals surface area contributed by atoms with E-state index in [4.69, 9.17) is 4.74 Å². The van der Waals surface area contributed by atoms with E-state index in [2.05, 4.69) is 26.1 Å². The third kappa shape index (κ3) is 5.94. The van der Waals surface area contributed by atoms with Crippen LogP contribution in [0.25, 0.3) is 0 Å². The second-order valence-corrected chi connectivity index (χ2v) is 7.40. The average Bonchev–Trinajstić information content (AvgIpc) is 2.23. The predicted molar refractivity (Wildman–Crippen MR) is 79.0 cm³/mol. The number of esters is 1. The lowest BCUT2D eigenvalue weighted by Crippen LogP contribution is -2.45. The fourth-order valence-corrected chi connectivity index (χ4v) is 3.03. The van der Waals surface area contributed by atoms with Crippen LogP contribution < -0.4 is 5.32 Å². The highest BCUT2D eigenvalue weighted by Gasteiger charge is 2.31. The van der Waals surface area contributed by atoms with Gasteiger partial charge >= 0.3 is 5.97 Å². The zero-order chi connectivity index (χ0) is 14.6. The quantitative estimate of drug-likeness (QED) is 0.795. The minimum Gasteiger partial charge on any atom is -0.459 e. The summed E-state index contributed by atoms with van der Waals surface area (Å²) in [6.07, 6.45) is 3.75. The van der Waals surface area contributed by atoms with Gasteiger partial charge in [-0.2, -0.15) is 0 Å². The molecule has 0 heterocycles. The molecule has 3 atom stereocenters. The minimum atomic E-state index is -0.393. The van der Waals surface area contributed by atoms with Gasteiger partial charge in [0.2, 0.25) is 0 Å². The first-order valence-corrected chi connectivity index (χ1v) is 7.64. The van der Waals surface area contributed by atoms with E-state index in [-0.39, 0.29) is 5.97 Å². The second kappa shape index (κ2) is 6.74. The fraction of sp³-hybridized carbons (Fsp3) is 0.938. The van der Waals surface area contributed by atoms with Gasteiger partial charge in [-0.1, -0.05) is 27.2 Å². The highest BCUT2D eigenvalue weighted by molar-refractivity contribution is 5.72. The molecule has 3 nitrogen and oxygen atoms in total.